The van der Waals surface area contributed by atoms with Gasteiger partial charge >= 0.3 is 0 Å². The summed E-state index contributed by atoms with van der Waals surface area (Å²) in [6.07, 6.45) is 0.811. The fourth-order valence-electron chi connectivity index (χ4n) is 1.75. The van der Waals surface area contributed by atoms with Gasteiger partial charge in [-0.25, -0.2) is 4.98 Å². The average molecular weight is 270 g/mol. The number of nitrogens with one attached hydrogen (secondary N) is 1. The Morgan fingerprint density at radius 1 is 1.15 bits per heavy atom. The highest BCUT2D eigenvalue weighted by atomic mass is 16.5. The fourth-order valence-corrected chi connectivity index (χ4v) is 1.75. The number of aromatic nitrogens is 1. The van der Waals surface area contributed by atoms with E-state index in [2.05, 4.69) is 10.3 Å². The lowest BCUT2D eigenvalue weighted by Crippen LogP contribution is -2.27. The molecule has 0 radical (unpaired) electrons. The quantitative estimate of drug-likeness (QED) is 0.648. The van der Waals surface area contributed by atoms with Gasteiger partial charge in [0.25, 0.3) is 5.91 Å². The average Bonchev–Trinajstić information content (AvgIpc) is 2.52. The Bertz CT molecular complexity index is 555. The first-order valence-corrected chi connectivity index (χ1v) is 6.65. The molecule has 104 valence electrons. The van der Waals surface area contributed by atoms with Crippen LogP contribution in [0, 0.1) is 0 Å². The van der Waals surface area contributed by atoms with Crippen molar-refractivity contribution in [3.8, 4) is 0 Å². The number of benzene rings is 1. The van der Waals surface area contributed by atoms with Crippen LogP contribution in [0.5, 0.6) is 0 Å². The molecular formula is C16H18N2O2. The standard InChI is InChI=1S/C16H18N2O2/c1-2-14-9-6-10-15(18-14)16(19)17-12-20-11-13-7-4-3-5-8-13/h3-10H,2,11-12H2,1H3,(H,17,19). The summed E-state index contributed by atoms with van der Waals surface area (Å²) in [5.41, 5.74) is 2.41. The van der Waals surface area contributed by atoms with E-state index in [1.54, 1.807) is 6.07 Å². The van der Waals surface area contributed by atoms with Gasteiger partial charge in [0, 0.05) is 5.69 Å². The molecule has 0 saturated carbocycles. The van der Waals surface area contributed by atoms with Crippen molar-refractivity contribution in [3.63, 3.8) is 0 Å². The summed E-state index contributed by atoms with van der Waals surface area (Å²) >= 11 is 0. The molecule has 4 heteroatoms. The van der Waals surface area contributed by atoms with Crippen molar-refractivity contribution < 1.29 is 9.53 Å². The number of rotatable bonds is 6. The summed E-state index contributed by atoms with van der Waals surface area (Å²) in [6, 6.07) is 15.3. The van der Waals surface area contributed by atoms with Crippen LogP contribution in [0.25, 0.3) is 0 Å². The molecule has 0 aliphatic heterocycles. The molecule has 1 aromatic heterocycles. The van der Waals surface area contributed by atoms with E-state index in [4.69, 9.17) is 4.74 Å². The lowest BCUT2D eigenvalue weighted by atomic mass is 10.2. The number of nitrogens with zero attached hydrogens (tertiary/aromatic N) is 1. The van der Waals surface area contributed by atoms with E-state index < -0.39 is 0 Å². The predicted octanol–water partition coefficient (Wildman–Crippen LogP) is 2.55. The lowest BCUT2D eigenvalue weighted by molar-refractivity contribution is 0.0747. The first-order chi connectivity index (χ1) is 9.79. The van der Waals surface area contributed by atoms with Crippen molar-refractivity contribution in [2.75, 3.05) is 6.73 Å². The fraction of sp³-hybridized carbons (Fsp3) is 0.250. The summed E-state index contributed by atoms with van der Waals surface area (Å²) in [6.45, 7) is 2.66. The molecule has 0 spiro atoms. The monoisotopic (exact) mass is 270 g/mol. The maximum Gasteiger partial charge on any atom is 0.271 e. The highest BCUT2D eigenvalue weighted by molar-refractivity contribution is 5.92. The molecule has 2 aromatic rings. The zero-order chi connectivity index (χ0) is 14.2. The third-order valence-electron chi connectivity index (χ3n) is 2.85. The van der Waals surface area contributed by atoms with Crippen molar-refractivity contribution in [2.45, 2.75) is 20.0 Å². The van der Waals surface area contributed by atoms with Gasteiger partial charge in [0.1, 0.15) is 12.4 Å². The van der Waals surface area contributed by atoms with Crippen LogP contribution in [0.4, 0.5) is 0 Å². The number of ether oxygens (including phenoxy) is 1. The number of hydrogen-bond acceptors (Lipinski definition) is 3. The molecule has 1 heterocycles. The van der Waals surface area contributed by atoms with E-state index in [1.807, 2.05) is 49.4 Å². The summed E-state index contributed by atoms with van der Waals surface area (Å²) in [7, 11) is 0. The summed E-state index contributed by atoms with van der Waals surface area (Å²) < 4.78 is 5.41. The molecule has 1 N–H and O–H groups in total. The van der Waals surface area contributed by atoms with E-state index in [1.165, 1.54) is 0 Å². The van der Waals surface area contributed by atoms with Crippen LogP contribution >= 0.6 is 0 Å². The molecule has 0 fully saturated rings. The minimum Gasteiger partial charge on any atom is -0.357 e. The lowest BCUT2D eigenvalue weighted by Gasteiger charge is -2.07. The van der Waals surface area contributed by atoms with Crippen LogP contribution in [0.2, 0.25) is 0 Å². The first kappa shape index (κ1) is 14.2. The number of carbonyl (C=O) groups is 1. The molecule has 0 aliphatic rings. The van der Waals surface area contributed by atoms with Crippen LogP contribution in [0.15, 0.2) is 48.5 Å². The topological polar surface area (TPSA) is 51.2 Å². The third-order valence-corrected chi connectivity index (χ3v) is 2.85. The van der Waals surface area contributed by atoms with E-state index in [-0.39, 0.29) is 12.6 Å². The van der Waals surface area contributed by atoms with Gasteiger partial charge < -0.3 is 10.1 Å². The molecule has 0 saturated heterocycles. The number of amides is 1. The van der Waals surface area contributed by atoms with Crippen LogP contribution in [0.3, 0.4) is 0 Å². The Kier molecular flexibility index (Phi) is 5.26. The zero-order valence-electron chi connectivity index (χ0n) is 11.5. The molecular weight excluding hydrogens is 252 g/mol. The van der Waals surface area contributed by atoms with Gasteiger partial charge in [-0.05, 0) is 24.1 Å². The molecule has 1 amide bonds. The van der Waals surface area contributed by atoms with Crippen molar-refractivity contribution in [2.24, 2.45) is 0 Å². The largest absolute Gasteiger partial charge is 0.357 e. The Morgan fingerprint density at radius 3 is 2.70 bits per heavy atom. The molecule has 4 nitrogen and oxygen atoms in total. The Balaban J connectivity index is 1.77. The SMILES string of the molecule is CCc1cccc(C(=O)NCOCc2ccccc2)n1. The van der Waals surface area contributed by atoms with E-state index in [0.717, 1.165) is 17.7 Å². The Hall–Kier alpha value is -2.20. The normalized spacial score (nSPS) is 10.2. The van der Waals surface area contributed by atoms with Crippen LogP contribution < -0.4 is 5.32 Å². The maximum atomic E-state index is 11.9. The van der Waals surface area contributed by atoms with Crippen LogP contribution in [-0.2, 0) is 17.8 Å². The highest BCUT2D eigenvalue weighted by Gasteiger charge is 2.06. The van der Waals surface area contributed by atoms with Crippen LogP contribution in [0.1, 0.15) is 28.7 Å². The van der Waals surface area contributed by atoms with Crippen molar-refractivity contribution in [1.29, 1.82) is 0 Å². The van der Waals surface area contributed by atoms with E-state index in [9.17, 15) is 4.79 Å². The van der Waals surface area contributed by atoms with Gasteiger partial charge in [0.05, 0.1) is 6.61 Å². The van der Waals surface area contributed by atoms with E-state index in [0.29, 0.717) is 12.3 Å². The molecule has 0 atom stereocenters. The molecule has 1 aromatic carbocycles. The van der Waals surface area contributed by atoms with E-state index >= 15 is 0 Å². The smallest absolute Gasteiger partial charge is 0.271 e. The van der Waals surface area contributed by atoms with Gasteiger partial charge in [-0.2, -0.15) is 0 Å². The van der Waals surface area contributed by atoms with Gasteiger partial charge in [0.2, 0.25) is 0 Å². The Morgan fingerprint density at radius 2 is 1.95 bits per heavy atom. The minimum absolute atomic E-state index is 0.172. The van der Waals surface area contributed by atoms with Gasteiger partial charge in [0.15, 0.2) is 0 Å². The number of aryl methyl sites for hydroxylation is 1. The number of carbonyl (C=O) groups excluding carboxylic acids is 1. The predicted molar refractivity (Wildman–Crippen MR) is 77.2 cm³/mol. The van der Waals surface area contributed by atoms with Crippen molar-refractivity contribution >= 4 is 5.91 Å². The molecule has 20 heavy (non-hydrogen) atoms. The maximum absolute atomic E-state index is 11.9. The second kappa shape index (κ2) is 7.40. The molecule has 0 bridgehead atoms. The van der Waals surface area contributed by atoms with Crippen molar-refractivity contribution in [3.05, 3.63) is 65.5 Å². The third kappa shape index (κ3) is 4.17. The molecule has 0 aliphatic carbocycles. The molecule has 0 unspecified atom stereocenters. The number of pyridine rings is 1. The van der Waals surface area contributed by atoms with Crippen molar-refractivity contribution in [1.82, 2.24) is 10.3 Å². The zero-order valence-corrected chi connectivity index (χ0v) is 11.5. The van der Waals surface area contributed by atoms with Gasteiger partial charge in [-0.3, -0.25) is 4.79 Å². The molecule has 2 rings (SSSR count). The highest BCUT2D eigenvalue weighted by Crippen LogP contribution is 2.01. The summed E-state index contributed by atoms with van der Waals surface area (Å²) in [4.78, 5) is 16.1. The second-order valence-corrected chi connectivity index (χ2v) is 4.35. The van der Waals surface area contributed by atoms with Crippen LogP contribution in [-0.4, -0.2) is 17.6 Å². The first-order valence-electron chi connectivity index (χ1n) is 6.65. The number of hydrogen-bond donors (Lipinski definition) is 1. The summed E-state index contributed by atoms with van der Waals surface area (Å²) in [5.74, 6) is -0.214. The van der Waals surface area contributed by atoms with Gasteiger partial charge in [-0.15, -0.1) is 0 Å². The second-order valence-electron chi connectivity index (χ2n) is 4.35. The van der Waals surface area contributed by atoms with Gasteiger partial charge in [-0.1, -0.05) is 43.3 Å². The summed E-state index contributed by atoms with van der Waals surface area (Å²) in [5, 5.41) is 2.70. The minimum atomic E-state index is -0.214. The Labute approximate surface area is 118 Å².